The maximum atomic E-state index is 11.4. The number of hydrogen-bond donors (Lipinski definition) is 1. The Hall–Kier alpha value is -2.38. The Morgan fingerprint density at radius 1 is 1.53 bits per heavy atom. The summed E-state index contributed by atoms with van der Waals surface area (Å²) < 4.78 is 4.91. The lowest BCUT2D eigenvalue weighted by Gasteiger charge is -2.11. The Bertz CT molecular complexity index is 476. The zero-order chi connectivity index (χ0) is 14.4. The number of rotatable bonds is 6. The van der Waals surface area contributed by atoms with E-state index in [1.54, 1.807) is 14.1 Å². The molecule has 19 heavy (non-hydrogen) atoms. The zero-order valence-electron chi connectivity index (χ0n) is 11.0. The highest BCUT2D eigenvalue weighted by Gasteiger charge is 2.16. The normalized spacial score (nSPS) is 9.84. The number of nitro groups is 1. The van der Waals surface area contributed by atoms with Crippen LogP contribution in [0.25, 0.3) is 0 Å². The van der Waals surface area contributed by atoms with Crippen molar-refractivity contribution in [2.24, 2.45) is 0 Å². The molecule has 1 rings (SSSR count). The molecule has 0 aromatic carbocycles. The lowest BCUT2D eigenvalue weighted by atomic mass is 10.3. The first-order valence-electron chi connectivity index (χ1n) is 5.59. The maximum absolute atomic E-state index is 11.4. The molecular formula is C11H16N4O4. The minimum Gasteiger partial charge on any atom is -0.481 e. The van der Waals surface area contributed by atoms with Crippen molar-refractivity contribution in [3.63, 3.8) is 0 Å². The van der Waals surface area contributed by atoms with Crippen LogP contribution >= 0.6 is 0 Å². The molecule has 1 amide bonds. The van der Waals surface area contributed by atoms with Crippen molar-refractivity contribution in [2.75, 3.05) is 33.1 Å². The highest BCUT2D eigenvalue weighted by atomic mass is 16.6. The van der Waals surface area contributed by atoms with Crippen molar-refractivity contribution in [1.82, 2.24) is 9.88 Å². The molecule has 0 radical (unpaired) electrons. The predicted octanol–water partition coefficient (Wildman–Crippen LogP) is 0.889. The Morgan fingerprint density at radius 3 is 2.74 bits per heavy atom. The van der Waals surface area contributed by atoms with Gasteiger partial charge in [-0.3, -0.25) is 14.9 Å². The van der Waals surface area contributed by atoms with Crippen molar-refractivity contribution in [3.8, 4) is 5.88 Å². The van der Waals surface area contributed by atoms with E-state index in [0.29, 0.717) is 0 Å². The second-order valence-electron chi connectivity index (χ2n) is 3.94. The summed E-state index contributed by atoms with van der Waals surface area (Å²) in [6.07, 6.45) is 0.225. The molecule has 1 aromatic rings. The van der Waals surface area contributed by atoms with Gasteiger partial charge >= 0.3 is 5.69 Å². The molecule has 0 saturated heterocycles. The topological polar surface area (TPSA) is 97.6 Å². The third-order valence-corrected chi connectivity index (χ3v) is 2.38. The van der Waals surface area contributed by atoms with Crippen LogP contribution in [-0.2, 0) is 4.79 Å². The number of pyridine rings is 1. The molecule has 0 aliphatic heterocycles. The van der Waals surface area contributed by atoms with Crippen LogP contribution in [0.5, 0.6) is 5.88 Å². The standard InChI is InChI=1S/C11H16N4O4/c1-14(2)10(16)6-7-12-11-8(15(17)18)4-5-9(13-11)19-3/h4-5H,6-7H2,1-3H3,(H,12,13). The smallest absolute Gasteiger partial charge is 0.311 e. The fourth-order valence-corrected chi connectivity index (χ4v) is 1.34. The van der Waals surface area contributed by atoms with Gasteiger partial charge in [-0.2, -0.15) is 4.98 Å². The number of nitrogens with zero attached hydrogens (tertiary/aromatic N) is 3. The molecule has 0 saturated carbocycles. The summed E-state index contributed by atoms with van der Waals surface area (Å²) in [4.78, 5) is 27.1. The van der Waals surface area contributed by atoms with Gasteiger partial charge in [-0.05, 0) is 0 Å². The minimum atomic E-state index is -0.539. The van der Waals surface area contributed by atoms with Crippen LogP contribution in [0, 0.1) is 10.1 Å². The quantitative estimate of drug-likeness (QED) is 0.607. The van der Waals surface area contributed by atoms with E-state index in [4.69, 9.17) is 4.74 Å². The number of ether oxygens (including phenoxy) is 1. The molecule has 8 nitrogen and oxygen atoms in total. The minimum absolute atomic E-state index is 0.0713. The maximum Gasteiger partial charge on any atom is 0.311 e. The molecule has 0 aliphatic rings. The van der Waals surface area contributed by atoms with E-state index >= 15 is 0 Å². The summed E-state index contributed by atoms with van der Waals surface area (Å²) >= 11 is 0. The molecule has 0 unspecified atom stereocenters. The van der Waals surface area contributed by atoms with Gasteiger partial charge in [-0.15, -0.1) is 0 Å². The van der Waals surface area contributed by atoms with Crippen LogP contribution in [0.2, 0.25) is 0 Å². The molecule has 8 heteroatoms. The summed E-state index contributed by atoms with van der Waals surface area (Å²) in [7, 11) is 4.72. The van der Waals surface area contributed by atoms with E-state index in [0.717, 1.165) is 0 Å². The Kier molecular flexibility index (Phi) is 5.04. The van der Waals surface area contributed by atoms with E-state index in [1.807, 2.05) is 0 Å². The number of amides is 1. The number of nitrogens with one attached hydrogen (secondary N) is 1. The number of carbonyl (C=O) groups excluding carboxylic acids is 1. The molecule has 0 aliphatic carbocycles. The summed E-state index contributed by atoms with van der Waals surface area (Å²) in [5, 5.41) is 13.6. The summed E-state index contributed by atoms with van der Waals surface area (Å²) in [5.41, 5.74) is -0.155. The second-order valence-corrected chi connectivity index (χ2v) is 3.94. The van der Waals surface area contributed by atoms with E-state index < -0.39 is 4.92 Å². The average Bonchev–Trinajstić information content (AvgIpc) is 2.37. The van der Waals surface area contributed by atoms with Gasteiger partial charge in [-0.25, -0.2) is 0 Å². The number of carbonyl (C=O) groups is 1. The van der Waals surface area contributed by atoms with Crippen molar-refractivity contribution in [1.29, 1.82) is 0 Å². The molecule has 1 aromatic heterocycles. The fourth-order valence-electron chi connectivity index (χ4n) is 1.34. The van der Waals surface area contributed by atoms with E-state index in [2.05, 4.69) is 10.3 Å². The van der Waals surface area contributed by atoms with Gasteiger partial charge in [0.1, 0.15) is 0 Å². The number of anilines is 1. The van der Waals surface area contributed by atoms with Crippen LogP contribution in [0.1, 0.15) is 6.42 Å². The van der Waals surface area contributed by atoms with E-state index in [1.165, 1.54) is 24.1 Å². The van der Waals surface area contributed by atoms with Crippen molar-refractivity contribution in [2.45, 2.75) is 6.42 Å². The first-order chi connectivity index (χ1) is 8.95. The van der Waals surface area contributed by atoms with Crippen LogP contribution in [0.15, 0.2) is 12.1 Å². The van der Waals surface area contributed by atoms with Gasteiger partial charge in [0, 0.05) is 39.2 Å². The highest BCUT2D eigenvalue weighted by molar-refractivity contribution is 5.76. The van der Waals surface area contributed by atoms with Gasteiger partial charge in [0.15, 0.2) is 0 Å². The summed E-state index contributed by atoms with van der Waals surface area (Å²) in [6.45, 7) is 0.262. The molecule has 104 valence electrons. The lowest BCUT2D eigenvalue weighted by molar-refractivity contribution is -0.384. The molecule has 1 heterocycles. The molecular weight excluding hydrogens is 252 g/mol. The van der Waals surface area contributed by atoms with E-state index in [-0.39, 0.29) is 36.3 Å². The van der Waals surface area contributed by atoms with Crippen LogP contribution in [-0.4, -0.2) is 48.5 Å². The lowest BCUT2D eigenvalue weighted by Crippen LogP contribution is -2.24. The summed E-state index contributed by atoms with van der Waals surface area (Å²) in [5.74, 6) is 0.293. The van der Waals surface area contributed by atoms with Gasteiger partial charge in [-0.1, -0.05) is 0 Å². The number of aromatic nitrogens is 1. The van der Waals surface area contributed by atoms with Gasteiger partial charge in [0.25, 0.3) is 0 Å². The van der Waals surface area contributed by atoms with Crippen molar-refractivity contribution in [3.05, 3.63) is 22.2 Å². The third kappa shape index (κ3) is 4.09. The fraction of sp³-hybridized carbons (Fsp3) is 0.455. The Balaban J connectivity index is 2.75. The van der Waals surface area contributed by atoms with Gasteiger partial charge in [0.2, 0.25) is 17.6 Å². The zero-order valence-corrected chi connectivity index (χ0v) is 11.0. The number of hydrogen-bond acceptors (Lipinski definition) is 6. The highest BCUT2D eigenvalue weighted by Crippen LogP contribution is 2.24. The first kappa shape index (κ1) is 14.7. The summed E-state index contributed by atoms with van der Waals surface area (Å²) in [6, 6.07) is 2.72. The largest absolute Gasteiger partial charge is 0.481 e. The van der Waals surface area contributed by atoms with E-state index in [9.17, 15) is 14.9 Å². The SMILES string of the molecule is COc1ccc([N+](=O)[O-])c(NCCC(=O)N(C)C)n1. The monoisotopic (exact) mass is 268 g/mol. The molecule has 0 spiro atoms. The average molecular weight is 268 g/mol. The molecule has 0 bridgehead atoms. The molecule has 0 atom stereocenters. The van der Waals surface area contributed by atoms with Crippen LogP contribution < -0.4 is 10.1 Å². The van der Waals surface area contributed by atoms with Crippen molar-refractivity contribution < 1.29 is 14.5 Å². The van der Waals surface area contributed by atoms with Crippen LogP contribution in [0.4, 0.5) is 11.5 Å². The second kappa shape index (κ2) is 6.53. The van der Waals surface area contributed by atoms with Crippen molar-refractivity contribution >= 4 is 17.4 Å². The predicted molar refractivity (Wildman–Crippen MR) is 69.2 cm³/mol. The van der Waals surface area contributed by atoms with Gasteiger partial charge in [0.05, 0.1) is 12.0 Å². The molecule has 0 fully saturated rings. The first-order valence-corrected chi connectivity index (χ1v) is 5.59. The number of methoxy groups -OCH3 is 1. The molecule has 1 N–H and O–H groups in total. The van der Waals surface area contributed by atoms with Crippen LogP contribution in [0.3, 0.4) is 0 Å². The Morgan fingerprint density at radius 2 is 2.21 bits per heavy atom. The third-order valence-electron chi connectivity index (χ3n) is 2.38. The van der Waals surface area contributed by atoms with Gasteiger partial charge < -0.3 is 15.0 Å². The Labute approximate surface area is 110 Å².